The average Bonchev–Trinajstić information content (AvgIpc) is 2.87. The van der Waals surface area contributed by atoms with Crippen molar-refractivity contribution in [2.24, 2.45) is 13.0 Å². The zero-order valence-electron chi connectivity index (χ0n) is 11.6. The van der Waals surface area contributed by atoms with Crippen LogP contribution in [0.2, 0.25) is 0 Å². The first-order chi connectivity index (χ1) is 9.69. The lowest BCUT2D eigenvalue weighted by molar-refractivity contribution is -0.112. The molecule has 0 bridgehead atoms. The van der Waals surface area contributed by atoms with Crippen LogP contribution in [0.3, 0.4) is 0 Å². The zero-order chi connectivity index (χ0) is 14.1. The van der Waals surface area contributed by atoms with Crippen LogP contribution in [0, 0.1) is 5.92 Å². The molecular weight excluding hydrogens is 252 g/mol. The number of carbonyl (C=O) groups is 2. The summed E-state index contributed by atoms with van der Waals surface area (Å²) in [6.45, 7) is 1.29. The fourth-order valence-electron chi connectivity index (χ4n) is 2.88. The topological polar surface area (TPSA) is 42.3 Å². The predicted molar refractivity (Wildman–Crippen MR) is 77.6 cm³/mol. The number of hydrogen-bond acceptors (Lipinski definition) is 2. The van der Waals surface area contributed by atoms with Gasteiger partial charge in [0.05, 0.1) is 0 Å². The second kappa shape index (κ2) is 5.12. The maximum absolute atomic E-state index is 12.5. The van der Waals surface area contributed by atoms with Gasteiger partial charge < -0.3 is 14.3 Å². The van der Waals surface area contributed by atoms with E-state index < -0.39 is 0 Å². The molecule has 1 aliphatic rings. The molecule has 1 aromatic carbocycles. The van der Waals surface area contributed by atoms with Crippen molar-refractivity contribution in [2.45, 2.75) is 12.8 Å². The number of amides is 1. The summed E-state index contributed by atoms with van der Waals surface area (Å²) in [4.78, 5) is 25.2. The van der Waals surface area contributed by atoms with Crippen LogP contribution in [0.5, 0.6) is 0 Å². The van der Waals surface area contributed by atoms with Crippen LogP contribution in [-0.2, 0) is 11.8 Å². The van der Waals surface area contributed by atoms with Gasteiger partial charge in [-0.2, -0.15) is 0 Å². The van der Waals surface area contributed by atoms with Crippen LogP contribution < -0.4 is 0 Å². The number of benzene rings is 1. The molecule has 2 heterocycles. The molecule has 4 heteroatoms. The monoisotopic (exact) mass is 270 g/mol. The van der Waals surface area contributed by atoms with Crippen LogP contribution in [0.4, 0.5) is 0 Å². The molecule has 0 spiro atoms. The second-order valence-electron chi connectivity index (χ2n) is 5.49. The molecule has 1 unspecified atom stereocenters. The summed E-state index contributed by atoms with van der Waals surface area (Å²) >= 11 is 0. The van der Waals surface area contributed by atoms with Gasteiger partial charge in [-0.3, -0.25) is 4.79 Å². The third kappa shape index (κ3) is 2.22. The van der Waals surface area contributed by atoms with E-state index in [-0.39, 0.29) is 11.8 Å². The second-order valence-corrected chi connectivity index (χ2v) is 5.49. The lowest BCUT2D eigenvalue weighted by atomic mass is 9.99. The Morgan fingerprint density at radius 1 is 1.35 bits per heavy atom. The number of rotatable bonds is 2. The first-order valence-corrected chi connectivity index (χ1v) is 6.98. The lowest BCUT2D eigenvalue weighted by Gasteiger charge is -2.30. The van der Waals surface area contributed by atoms with Crippen molar-refractivity contribution in [2.75, 3.05) is 13.1 Å². The minimum atomic E-state index is -0.00790. The van der Waals surface area contributed by atoms with Crippen LogP contribution in [0.25, 0.3) is 10.9 Å². The van der Waals surface area contributed by atoms with Gasteiger partial charge in [-0.25, -0.2) is 0 Å². The Hall–Kier alpha value is -2.10. The molecule has 2 aromatic rings. The zero-order valence-corrected chi connectivity index (χ0v) is 11.6. The summed E-state index contributed by atoms with van der Waals surface area (Å²) in [5, 5.41) is 1.13. The minimum Gasteiger partial charge on any atom is -0.351 e. The van der Waals surface area contributed by atoms with Crippen molar-refractivity contribution >= 4 is 23.1 Å². The highest BCUT2D eigenvalue weighted by atomic mass is 16.2. The Balaban J connectivity index is 1.87. The molecule has 3 rings (SSSR count). The van der Waals surface area contributed by atoms with Crippen molar-refractivity contribution in [3.8, 4) is 0 Å². The third-order valence-electron chi connectivity index (χ3n) is 4.07. The van der Waals surface area contributed by atoms with E-state index in [0.29, 0.717) is 12.1 Å². The van der Waals surface area contributed by atoms with Crippen molar-refractivity contribution in [3.05, 3.63) is 36.0 Å². The third-order valence-corrected chi connectivity index (χ3v) is 4.07. The molecular formula is C16H18N2O2. The molecule has 0 radical (unpaired) electrons. The molecule has 104 valence electrons. The van der Waals surface area contributed by atoms with E-state index in [2.05, 4.69) is 0 Å². The number of hydrogen-bond donors (Lipinski definition) is 0. The lowest BCUT2D eigenvalue weighted by Crippen LogP contribution is -2.40. The molecule has 4 nitrogen and oxygen atoms in total. The molecule has 1 aromatic heterocycles. The molecule has 1 saturated heterocycles. The number of aldehydes is 1. The summed E-state index contributed by atoms with van der Waals surface area (Å²) in [6.07, 6.45) is 4.76. The van der Waals surface area contributed by atoms with Crippen LogP contribution in [-0.4, -0.2) is 34.7 Å². The van der Waals surface area contributed by atoms with E-state index in [9.17, 15) is 9.59 Å². The maximum Gasteiger partial charge on any atom is 0.253 e. The first kappa shape index (κ1) is 12.9. The predicted octanol–water partition coefficient (Wildman–Crippen LogP) is 2.23. The fourth-order valence-corrected chi connectivity index (χ4v) is 2.88. The molecule has 1 aliphatic heterocycles. The van der Waals surface area contributed by atoms with E-state index in [1.165, 1.54) is 0 Å². The van der Waals surface area contributed by atoms with Gasteiger partial charge >= 0.3 is 0 Å². The first-order valence-electron chi connectivity index (χ1n) is 6.98. The molecule has 20 heavy (non-hydrogen) atoms. The van der Waals surface area contributed by atoms with Gasteiger partial charge in [0.2, 0.25) is 0 Å². The highest BCUT2D eigenvalue weighted by Crippen LogP contribution is 2.20. The summed E-state index contributed by atoms with van der Waals surface area (Å²) < 4.78 is 2.01. The minimum absolute atomic E-state index is 0.00790. The molecule has 0 aliphatic carbocycles. The van der Waals surface area contributed by atoms with E-state index in [4.69, 9.17) is 0 Å². The molecule has 0 N–H and O–H groups in total. The molecule has 1 atom stereocenters. The number of piperidine rings is 1. The van der Waals surface area contributed by atoms with Gasteiger partial charge in [0.25, 0.3) is 5.91 Å². The van der Waals surface area contributed by atoms with Crippen molar-refractivity contribution in [1.29, 1.82) is 0 Å². The maximum atomic E-state index is 12.5. The summed E-state index contributed by atoms with van der Waals surface area (Å²) in [6, 6.07) is 7.81. The largest absolute Gasteiger partial charge is 0.351 e. The molecule has 1 fully saturated rings. The van der Waals surface area contributed by atoms with Gasteiger partial charge in [0, 0.05) is 43.3 Å². The van der Waals surface area contributed by atoms with Crippen LogP contribution in [0.15, 0.2) is 30.5 Å². The summed E-state index contributed by atoms with van der Waals surface area (Å²) in [7, 11) is 1.97. The number of aryl methyl sites for hydroxylation is 1. The Morgan fingerprint density at radius 3 is 3.00 bits per heavy atom. The van der Waals surface area contributed by atoms with E-state index in [0.717, 1.165) is 36.6 Å². The smallest absolute Gasteiger partial charge is 0.253 e. The van der Waals surface area contributed by atoms with Gasteiger partial charge in [-0.1, -0.05) is 6.07 Å². The Labute approximate surface area is 118 Å². The van der Waals surface area contributed by atoms with E-state index in [1.54, 1.807) is 4.90 Å². The Kier molecular flexibility index (Phi) is 3.30. The van der Waals surface area contributed by atoms with Crippen LogP contribution in [0.1, 0.15) is 23.2 Å². The SMILES string of the molecule is Cn1ccc2ccc(C(=O)N3CCCC(C=O)C3)cc21. The van der Waals surface area contributed by atoms with Crippen LogP contribution >= 0.6 is 0 Å². The number of fused-ring (bicyclic) bond motifs is 1. The highest BCUT2D eigenvalue weighted by Gasteiger charge is 2.24. The Morgan fingerprint density at radius 2 is 2.20 bits per heavy atom. The van der Waals surface area contributed by atoms with Gasteiger partial charge in [-0.05, 0) is 36.4 Å². The normalized spacial score (nSPS) is 19.2. The fraction of sp³-hybridized carbons (Fsp3) is 0.375. The van der Waals surface area contributed by atoms with Gasteiger partial charge in [0.1, 0.15) is 6.29 Å². The van der Waals surface area contributed by atoms with E-state index in [1.807, 2.05) is 42.1 Å². The van der Waals surface area contributed by atoms with Gasteiger partial charge in [-0.15, -0.1) is 0 Å². The quantitative estimate of drug-likeness (QED) is 0.785. The standard InChI is InChI=1S/C16H18N2O2/c1-17-8-6-13-4-5-14(9-15(13)17)16(20)18-7-2-3-12(10-18)11-19/h4-6,8-9,11-12H,2-3,7,10H2,1H3. The number of likely N-dealkylation sites (tertiary alicyclic amines) is 1. The number of carbonyl (C=O) groups excluding carboxylic acids is 2. The van der Waals surface area contributed by atoms with Crippen molar-refractivity contribution in [1.82, 2.24) is 9.47 Å². The average molecular weight is 270 g/mol. The van der Waals surface area contributed by atoms with Gasteiger partial charge in [0.15, 0.2) is 0 Å². The number of nitrogens with zero attached hydrogens (tertiary/aromatic N) is 2. The highest BCUT2D eigenvalue weighted by molar-refractivity contribution is 5.98. The van der Waals surface area contributed by atoms with Crippen molar-refractivity contribution in [3.63, 3.8) is 0 Å². The van der Waals surface area contributed by atoms with Crippen molar-refractivity contribution < 1.29 is 9.59 Å². The summed E-state index contributed by atoms with van der Waals surface area (Å²) in [5.74, 6) is 0.0196. The molecule has 1 amide bonds. The summed E-state index contributed by atoms with van der Waals surface area (Å²) in [5.41, 5.74) is 1.76. The molecule has 0 saturated carbocycles. The number of aromatic nitrogens is 1. The van der Waals surface area contributed by atoms with E-state index >= 15 is 0 Å². The Bertz CT molecular complexity index is 660.